The molecule has 0 amide bonds. The fourth-order valence-corrected chi connectivity index (χ4v) is 2.49. The summed E-state index contributed by atoms with van der Waals surface area (Å²) in [7, 11) is 0. The normalized spacial score (nSPS) is 11.9. The highest BCUT2D eigenvalue weighted by Gasteiger charge is 1.92. The largest absolute Gasteiger partial charge is 0.396 e. The molecular formula is C20H38O. The lowest BCUT2D eigenvalue weighted by atomic mass is 10.1. The Kier molecular flexibility index (Phi) is 18.9. The molecule has 0 saturated carbocycles. The summed E-state index contributed by atoms with van der Waals surface area (Å²) in [5, 5.41) is 8.64. The van der Waals surface area contributed by atoms with E-state index in [4.69, 9.17) is 5.11 Å². The molecule has 21 heavy (non-hydrogen) atoms. The topological polar surface area (TPSA) is 20.2 Å². The molecule has 0 aromatic heterocycles. The van der Waals surface area contributed by atoms with Crippen molar-refractivity contribution in [1.29, 1.82) is 0 Å². The van der Waals surface area contributed by atoms with E-state index in [9.17, 15) is 0 Å². The highest BCUT2D eigenvalue weighted by atomic mass is 16.2. The Morgan fingerprint density at radius 3 is 1.48 bits per heavy atom. The van der Waals surface area contributed by atoms with Crippen LogP contribution < -0.4 is 0 Å². The summed E-state index contributed by atoms with van der Waals surface area (Å²) >= 11 is 0. The van der Waals surface area contributed by atoms with Crippen molar-refractivity contribution < 1.29 is 5.11 Å². The standard InChI is InChI=1S/C20H38O/c1-2-3-4-5-6-7-8-9-10-11-12-13-14-15-16-17-18-19-20-21/h14-17,21H,2-13,18-20H2,1H3. The minimum Gasteiger partial charge on any atom is -0.396 e. The average Bonchev–Trinajstić information content (AvgIpc) is 2.50. The summed E-state index contributed by atoms with van der Waals surface area (Å²) in [5.74, 6) is 0. The van der Waals surface area contributed by atoms with Crippen LogP contribution in [-0.4, -0.2) is 11.7 Å². The maximum absolute atomic E-state index is 8.64. The van der Waals surface area contributed by atoms with Gasteiger partial charge in [-0.05, 0) is 25.7 Å². The fourth-order valence-electron chi connectivity index (χ4n) is 2.49. The van der Waals surface area contributed by atoms with Gasteiger partial charge in [-0.15, -0.1) is 0 Å². The van der Waals surface area contributed by atoms with Gasteiger partial charge in [0.2, 0.25) is 0 Å². The van der Waals surface area contributed by atoms with Crippen molar-refractivity contribution >= 4 is 0 Å². The summed E-state index contributed by atoms with van der Waals surface area (Å²) < 4.78 is 0. The van der Waals surface area contributed by atoms with E-state index in [0.29, 0.717) is 6.61 Å². The molecule has 0 atom stereocenters. The van der Waals surface area contributed by atoms with Gasteiger partial charge in [0.25, 0.3) is 0 Å². The first kappa shape index (κ1) is 20.4. The zero-order chi connectivity index (χ0) is 15.4. The molecule has 0 spiro atoms. The zero-order valence-corrected chi connectivity index (χ0v) is 14.4. The summed E-state index contributed by atoms with van der Waals surface area (Å²) in [6.45, 7) is 2.58. The van der Waals surface area contributed by atoms with Crippen LogP contribution in [0.5, 0.6) is 0 Å². The molecule has 0 heterocycles. The van der Waals surface area contributed by atoms with Crippen molar-refractivity contribution in [2.75, 3.05) is 6.61 Å². The average molecular weight is 295 g/mol. The molecule has 124 valence electrons. The number of allylic oxidation sites excluding steroid dienone is 4. The van der Waals surface area contributed by atoms with Crippen LogP contribution in [0.15, 0.2) is 24.3 Å². The Morgan fingerprint density at radius 2 is 1.00 bits per heavy atom. The molecule has 1 nitrogen and oxygen atoms in total. The Morgan fingerprint density at radius 1 is 0.571 bits per heavy atom. The Hall–Kier alpha value is -0.560. The van der Waals surface area contributed by atoms with Crippen molar-refractivity contribution in [3.63, 3.8) is 0 Å². The highest BCUT2D eigenvalue weighted by molar-refractivity contribution is 5.02. The summed E-state index contributed by atoms with van der Waals surface area (Å²) in [6, 6.07) is 0. The third kappa shape index (κ3) is 19.4. The second-order valence-corrected chi connectivity index (χ2v) is 6.05. The van der Waals surface area contributed by atoms with Crippen molar-refractivity contribution in [1.82, 2.24) is 0 Å². The molecule has 1 N–H and O–H groups in total. The van der Waals surface area contributed by atoms with E-state index in [2.05, 4.69) is 31.2 Å². The van der Waals surface area contributed by atoms with Gasteiger partial charge in [0.05, 0.1) is 0 Å². The summed E-state index contributed by atoms with van der Waals surface area (Å²) in [6.07, 6.45) is 27.3. The number of hydrogen-bond acceptors (Lipinski definition) is 1. The molecule has 0 aliphatic carbocycles. The Labute approximate surface area is 133 Å². The molecule has 1 heteroatoms. The van der Waals surface area contributed by atoms with Gasteiger partial charge < -0.3 is 5.11 Å². The number of aliphatic hydroxyl groups excluding tert-OH is 1. The third-order valence-electron chi connectivity index (χ3n) is 3.89. The lowest BCUT2D eigenvalue weighted by molar-refractivity contribution is 0.289. The Bertz CT molecular complexity index is 230. The molecule has 0 aromatic rings. The number of hydrogen-bond donors (Lipinski definition) is 1. The SMILES string of the molecule is CCCCCCCCCCCCCC=CC=CCCCO. The van der Waals surface area contributed by atoms with Crippen LogP contribution in [0, 0.1) is 0 Å². The van der Waals surface area contributed by atoms with Crippen LogP contribution in [0.3, 0.4) is 0 Å². The molecule has 0 fully saturated rings. The zero-order valence-electron chi connectivity index (χ0n) is 14.4. The quantitative estimate of drug-likeness (QED) is 0.252. The molecule has 0 saturated heterocycles. The van der Waals surface area contributed by atoms with E-state index in [1.807, 2.05) is 0 Å². The molecule has 0 rings (SSSR count). The number of unbranched alkanes of at least 4 members (excludes halogenated alkanes) is 12. The van der Waals surface area contributed by atoms with Gasteiger partial charge >= 0.3 is 0 Å². The molecule has 0 unspecified atom stereocenters. The van der Waals surface area contributed by atoms with Crippen LogP contribution in [0.4, 0.5) is 0 Å². The highest BCUT2D eigenvalue weighted by Crippen LogP contribution is 2.11. The molecule has 0 bridgehead atoms. The van der Waals surface area contributed by atoms with E-state index in [1.54, 1.807) is 0 Å². The maximum atomic E-state index is 8.64. The summed E-state index contributed by atoms with van der Waals surface area (Å²) in [5.41, 5.74) is 0. The summed E-state index contributed by atoms with van der Waals surface area (Å²) in [4.78, 5) is 0. The first-order valence-corrected chi connectivity index (χ1v) is 9.34. The Balaban J connectivity index is 3.08. The van der Waals surface area contributed by atoms with Crippen LogP contribution >= 0.6 is 0 Å². The lowest BCUT2D eigenvalue weighted by Crippen LogP contribution is -1.81. The van der Waals surface area contributed by atoms with E-state index < -0.39 is 0 Å². The van der Waals surface area contributed by atoms with Crippen molar-refractivity contribution in [3.8, 4) is 0 Å². The monoisotopic (exact) mass is 294 g/mol. The fraction of sp³-hybridized carbons (Fsp3) is 0.800. The van der Waals surface area contributed by atoms with Crippen molar-refractivity contribution in [2.24, 2.45) is 0 Å². The predicted molar refractivity (Wildman–Crippen MR) is 95.7 cm³/mol. The van der Waals surface area contributed by atoms with Gasteiger partial charge in [0.15, 0.2) is 0 Å². The smallest absolute Gasteiger partial charge is 0.0433 e. The first-order chi connectivity index (χ1) is 10.4. The molecule has 0 aliphatic heterocycles. The van der Waals surface area contributed by atoms with E-state index in [0.717, 1.165) is 12.8 Å². The second kappa shape index (κ2) is 19.4. The van der Waals surface area contributed by atoms with Crippen LogP contribution in [0.2, 0.25) is 0 Å². The minimum absolute atomic E-state index is 0.298. The van der Waals surface area contributed by atoms with Gasteiger partial charge in [-0.1, -0.05) is 95.4 Å². The van der Waals surface area contributed by atoms with Gasteiger partial charge in [0.1, 0.15) is 0 Å². The van der Waals surface area contributed by atoms with E-state index in [1.165, 1.54) is 77.0 Å². The van der Waals surface area contributed by atoms with Gasteiger partial charge in [-0.25, -0.2) is 0 Å². The van der Waals surface area contributed by atoms with Gasteiger partial charge in [-0.3, -0.25) is 0 Å². The molecular weight excluding hydrogens is 256 g/mol. The van der Waals surface area contributed by atoms with Crippen molar-refractivity contribution in [2.45, 2.75) is 96.8 Å². The van der Waals surface area contributed by atoms with Crippen LogP contribution in [0.1, 0.15) is 96.8 Å². The maximum Gasteiger partial charge on any atom is 0.0433 e. The number of aliphatic hydroxyl groups is 1. The van der Waals surface area contributed by atoms with E-state index in [-0.39, 0.29) is 0 Å². The number of rotatable bonds is 16. The molecule has 0 radical (unpaired) electrons. The van der Waals surface area contributed by atoms with Crippen LogP contribution in [0.25, 0.3) is 0 Å². The molecule has 0 aromatic carbocycles. The predicted octanol–water partition coefficient (Wildman–Crippen LogP) is 6.57. The van der Waals surface area contributed by atoms with Crippen LogP contribution in [-0.2, 0) is 0 Å². The van der Waals surface area contributed by atoms with E-state index >= 15 is 0 Å². The van der Waals surface area contributed by atoms with Gasteiger partial charge in [-0.2, -0.15) is 0 Å². The van der Waals surface area contributed by atoms with Crippen molar-refractivity contribution in [3.05, 3.63) is 24.3 Å². The lowest BCUT2D eigenvalue weighted by Gasteiger charge is -2.01. The minimum atomic E-state index is 0.298. The first-order valence-electron chi connectivity index (χ1n) is 9.34. The third-order valence-corrected chi connectivity index (χ3v) is 3.89. The second-order valence-electron chi connectivity index (χ2n) is 6.05. The van der Waals surface area contributed by atoms with Gasteiger partial charge in [0, 0.05) is 6.61 Å². The molecule has 0 aliphatic rings.